The topological polar surface area (TPSA) is 59.2 Å². The van der Waals surface area contributed by atoms with Crippen molar-refractivity contribution in [1.82, 2.24) is 4.98 Å². The van der Waals surface area contributed by atoms with Crippen LogP contribution in [-0.4, -0.2) is 24.0 Å². The average Bonchev–Trinajstić information content (AvgIpc) is 2.53. The van der Waals surface area contributed by atoms with Gasteiger partial charge in [0.05, 0.1) is 5.52 Å². The second-order valence-corrected chi connectivity index (χ2v) is 5.71. The smallest absolute Gasteiger partial charge is 0.371 e. The van der Waals surface area contributed by atoms with Crippen molar-refractivity contribution < 1.29 is 18.0 Å². The number of nitrogens with two attached hydrogens (primary N) is 1. The minimum atomic E-state index is -4.50. The van der Waals surface area contributed by atoms with E-state index < -0.39 is 11.9 Å². The molecule has 0 saturated carbocycles. The Labute approximate surface area is 131 Å². The summed E-state index contributed by atoms with van der Waals surface area (Å²) in [5.41, 5.74) is 5.23. The van der Waals surface area contributed by atoms with E-state index in [4.69, 9.17) is 5.73 Å². The number of hydrogen-bond acceptors (Lipinski definition) is 3. The quantitative estimate of drug-likeness (QED) is 0.924. The van der Waals surface area contributed by atoms with Crippen molar-refractivity contribution in [2.75, 3.05) is 18.0 Å². The summed E-state index contributed by atoms with van der Waals surface area (Å²) in [7, 11) is 0. The van der Waals surface area contributed by atoms with Gasteiger partial charge in [0.2, 0.25) is 5.91 Å². The molecule has 2 N–H and O–H groups in total. The van der Waals surface area contributed by atoms with Crippen molar-refractivity contribution in [2.45, 2.75) is 19.0 Å². The van der Waals surface area contributed by atoms with Crippen molar-refractivity contribution >= 4 is 22.5 Å². The fraction of sp³-hybridized carbons (Fsp3) is 0.375. The molecule has 1 saturated heterocycles. The molecule has 3 rings (SSSR count). The van der Waals surface area contributed by atoms with Crippen LogP contribution in [0.1, 0.15) is 18.5 Å². The minimum absolute atomic E-state index is 0.207. The van der Waals surface area contributed by atoms with Crippen LogP contribution in [-0.2, 0) is 11.0 Å². The molecule has 0 bridgehead atoms. The number of halogens is 3. The lowest BCUT2D eigenvalue weighted by molar-refractivity contribution is -0.140. The molecule has 1 aliphatic heterocycles. The van der Waals surface area contributed by atoms with E-state index in [-0.39, 0.29) is 11.8 Å². The highest BCUT2D eigenvalue weighted by Gasteiger charge is 2.34. The van der Waals surface area contributed by atoms with Crippen molar-refractivity contribution in [3.8, 4) is 0 Å². The number of amides is 1. The SMILES string of the molecule is NC(=O)C1CCN(c2cc(C(F)(F)F)nc3ccccc23)CC1. The fourth-order valence-corrected chi connectivity index (χ4v) is 2.97. The zero-order valence-electron chi connectivity index (χ0n) is 12.3. The van der Waals surface area contributed by atoms with Crippen LogP contribution in [0.2, 0.25) is 0 Å². The highest BCUT2D eigenvalue weighted by Crippen LogP contribution is 2.35. The average molecular weight is 323 g/mol. The number of alkyl halides is 3. The molecule has 0 unspecified atom stereocenters. The molecule has 1 aliphatic rings. The summed E-state index contributed by atoms with van der Waals surface area (Å²) in [6.07, 6.45) is -3.40. The summed E-state index contributed by atoms with van der Waals surface area (Å²) < 4.78 is 39.3. The van der Waals surface area contributed by atoms with Crippen molar-refractivity contribution in [3.63, 3.8) is 0 Å². The number of carbonyl (C=O) groups is 1. The highest BCUT2D eigenvalue weighted by molar-refractivity contribution is 5.92. The first-order valence-corrected chi connectivity index (χ1v) is 7.37. The van der Waals surface area contributed by atoms with Crippen LogP contribution in [0.5, 0.6) is 0 Å². The number of hydrogen-bond donors (Lipinski definition) is 1. The number of para-hydroxylation sites is 1. The van der Waals surface area contributed by atoms with Crippen LogP contribution in [0.4, 0.5) is 18.9 Å². The Balaban J connectivity index is 2.01. The van der Waals surface area contributed by atoms with Gasteiger partial charge in [-0.15, -0.1) is 0 Å². The first-order valence-electron chi connectivity index (χ1n) is 7.37. The molecule has 122 valence electrons. The maximum absolute atomic E-state index is 13.1. The third-order valence-corrected chi connectivity index (χ3v) is 4.22. The number of benzene rings is 1. The standard InChI is InChI=1S/C16H16F3N3O/c17-16(18,19)14-9-13(11-3-1-2-4-12(11)21-14)22-7-5-10(6-8-22)15(20)23/h1-4,9-10H,5-8H2,(H2,20,23). The minimum Gasteiger partial charge on any atom is -0.371 e. The highest BCUT2D eigenvalue weighted by atomic mass is 19.4. The normalized spacial score (nSPS) is 16.7. The Morgan fingerprint density at radius 2 is 1.87 bits per heavy atom. The molecule has 7 heteroatoms. The third-order valence-electron chi connectivity index (χ3n) is 4.22. The van der Waals surface area contributed by atoms with Gasteiger partial charge < -0.3 is 10.6 Å². The number of nitrogens with zero attached hydrogens (tertiary/aromatic N) is 2. The molecule has 1 aromatic heterocycles. The summed E-state index contributed by atoms with van der Waals surface area (Å²) in [5.74, 6) is -0.554. The lowest BCUT2D eigenvalue weighted by Crippen LogP contribution is -2.38. The Bertz CT molecular complexity index is 737. The summed E-state index contributed by atoms with van der Waals surface area (Å²) in [4.78, 5) is 16.8. The van der Waals surface area contributed by atoms with E-state index in [2.05, 4.69) is 4.98 Å². The maximum Gasteiger partial charge on any atom is 0.433 e. The Kier molecular flexibility index (Phi) is 3.87. The van der Waals surface area contributed by atoms with Crippen LogP contribution in [0.25, 0.3) is 10.9 Å². The zero-order chi connectivity index (χ0) is 16.6. The van der Waals surface area contributed by atoms with Crippen LogP contribution >= 0.6 is 0 Å². The van der Waals surface area contributed by atoms with E-state index in [1.54, 1.807) is 24.3 Å². The Morgan fingerprint density at radius 1 is 1.22 bits per heavy atom. The summed E-state index contributed by atoms with van der Waals surface area (Å²) in [6.45, 7) is 0.998. The molecule has 1 fully saturated rings. The Hall–Kier alpha value is -2.31. The van der Waals surface area contributed by atoms with E-state index in [1.165, 1.54) is 0 Å². The number of pyridine rings is 1. The maximum atomic E-state index is 13.1. The van der Waals surface area contributed by atoms with Gasteiger partial charge >= 0.3 is 6.18 Å². The molecule has 1 aromatic carbocycles. The third kappa shape index (κ3) is 3.09. The lowest BCUT2D eigenvalue weighted by atomic mass is 9.95. The number of fused-ring (bicyclic) bond motifs is 1. The van der Waals surface area contributed by atoms with Gasteiger partial charge in [-0.2, -0.15) is 13.2 Å². The summed E-state index contributed by atoms with van der Waals surface area (Å²) in [6, 6.07) is 7.87. The molecule has 0 spiro atoms. The van der Waals surface area contributed by atoms with Crippen molar-refractivity contribution in [2.24, 2.45) is 11.7 Å². The molecule has 23 heavy (non-hydrogen) atoms. The molecular weight excluding hydrogens is 307 g/mol. The van der Waals surface area contributed by atoms with E-state index >= 15 is 0 Å². The van der Waals surface area contributed by atoms with Gasteiger partial charge in [-0.25, -0.2) is 4.98 Å². The van der Waals surface area contributed by atoms with E-state index in [1.807, 2.05) is 4.90 Å². The first kappa shape index (κ1) is 15.6. The molecule has 0 radical (unpaired) electrons. The van der Waals surface area contributed by atoms with Gasteiger partial charge in [0, 0.05) is 30.1 Å². The van der Waals surface area contributed by atoms with Crippen LogP contribution in [0, 0.1) is 5.92 Å². The molecule has 2 heterocycles. The molecular formula is C16H16F3N3O. The predicted molar refractivity (Wildman–Crippen MR) is 80.9 cm³/mol. The fourth-order valence-electron chi connectivity index (χ4n) is 2.97. The van der Waals surface area contributed by atoms with Gasteiger partial charge in [0.15, 0.2) is 0 Å². The van der Waals surface area contributed by atoms with Gasteiger partial charge in [-0.05, 0) is 25.0 Å². The Morgan fingerprint density at radius 3 is 2.48 bits per heavy atom. The molecule has 0 atom stereocenters. The van der Waals surface area contributed by atoms with Gasteiger partial charge in [-0.3, -0.25) is 4.79 Å². The van der Waals surface area contributed by atoms with Crippen LogP contribution in [0.3, 0.4) is 0 Å². The number of primary amides is 1. The number of anilines is 1. The second-order valence-electron chi connectivity index (χ2n) is 5.71. The molecule has 2 aromatic rings. The number of piperidine rings is 1. The van der Waals surface area contributed by atoms with E-state index in [0.717, 1.165) is 6.07 Å². The second kappa shape index (κ2) is 5.72. The van der Waals surface area contributed by atoms with E-state index in [9.17, 15) is 18.0 Å². The summed E-state index contributed by atoms with van der Waals surface area (Å²) in [5, 5.41) is 0.679. The number of carbonyl (C=O) groups excluding carboxylic acids is 1. The predicted octanol–water partition coefficient (Wildman–Crippen LogP) is 2.96. The van der Waals surface area contributed by atoms with Gasteiger partial charge in [-0.1, -0.05) is 18.2 Å². The zero-order valence-corrected chi connectivity index (χ0v) is 12.3. The largest absolute Gasteiger partial charge is 0.433 e. The number of aromatic nitrogens is 1. The molecule has 0 aliphatic carbocycles. The lowest BCUT2D eigenvalue weighted by Gasteiger charge is -2.33. The van der Waals surface area contributed by atoms with E-state index in [0.29, 0.717) is 42.5 Å². The molecule has 4 nitrogen and oxygen atoms in total. The monoisotopic (exact) mass is 323 g/mol. The number of rotatable bonds is 2. The molecule has 1 amide bonds. The first-order chi connectivity index (χ1) is 10.9. The van der Waals surface area contributed by atoms with Crippen molar-refractivity contribution in [3.05, 3.63) is 36.0 Å². The van der Waals surface area contributed by atoms with Gasteiger partial charge in [0.1, 0.15) is 5.69 Å². The summed E-state index contributed by atoms with van der Waals surface area (Å²) >= 11 is 0. The van der Waals surface area contributed by atoms with Crippen LogP contribution in [0.15, 0.2) is 30.3 Å². The van der Waals surface area contributed by atoms with Crippen LogP contribution < -0.4 is 10.6 Å². The van der Waals surface area contributed by atoms with Gasteiger partial charge in [0.25, 0.3) is 0 Å². The van der Waals surface area contributed by atoms with Crippen molar-refractivity contribution in [1.29, 1.82) is 0 Å².